The van der Waals surface area contributed by atoms with E-state index >= 15 is 0 Å². The fourth-order valence-corrected chi connectivity index (χ4v) is 3.35. The summed E-state index contributed by atoms with van der Waals surface area (Å²) >= 11 is 0. The second-order valence-corrected chi connectivity index (χ2v) is 8.85. The number of benzene rings is 1. The lowest BCUT2D eigenvalue weighted by atomic mass is 10.1. The summed E-state index contributed by atoms with van der Waals surface area (Å²) in [5.74, 6) is -1.62. The molecule has 0 unspecified atom stereocenters. The quantitative estimate of drug-likeness (QED) is 0.204. The molecule has 0 spiro atoms. The van der Waals surface area contributed by atoms with Gasteiger partial charge in [-0.3, -0.25) is 19.4 Å². The van der Waals surface area contributed by atoms with Gasteiger partial charge in [0, 0.05) is 24.2 Å². The normalized spacial score (nSPS) is 11.8. The monoisotopic (exact) mass is 510 g/mol. The molecule has 7 N–H and O–H groups in total. The highest BCUT2D eigenvalue weighted by atomic mass is 16.4. The second-order valence-electron chi connectivity index (χ2n) is 8.85. The second kappa shape index (κ2) is 12.4. The van der Waals surface area contributed by atoms with Crippen LogP contribution in [0.5, 0.6) is 0 Å². The molecule has 1 atom stereocenters. The summed E-state index contributed by atoms with van der Waals surface area (Å²) in [6, 6.07) is 5.19. The lowest BCUT2D eigenvalue weighted by molar-refractivity contribution is -0.139. The van der Waals surface area contributed by atoms with Crippen molar-refractivity contribution in [2.45, 2.75) is 45.7 Å². The third-order valence-electron chi connectivity index (χ3n) is 5.41. The number of aromatic nitrogens is 4. The number of carbonyl (C=O) groups excluding carboxylic acids is 2. The highest BCUT2D eigenvalue weighted by molar-refractivity contribution is 5.97. The van der Waals surface area contributed by atoms with E-state index in [0.29, 0.717) is 23.8 Å². The van der Waals surface area contributed by atoms with E-state index in [1.54, 1.807) is 24.3 Å². The van der Waals surface area contributed by atoms with E-state index in [-0.39, 0.29) is 48.0 Å². The molecule has 2 aromatic heterocycles. The van der Waals surface area contributed by atoms with Crippen molar-refractivity contribution in [2.24, 2.45) is 5.92 Å². The molecule has 0 bridgehead atoms. The molecule has 0 aliphatic heterocycles. The molecule has 0 aliphatic carbocycles. The number of hydrogen-bond acceptors (Lipinski definition) is 9. The summed E-state index contributed by atoms with van der Waals surface area (Å²) in [5, 5.41) is 17.8. The third-order valence-corrected chi connectivity index (χ3v) is 5.41. The van der Waals surface area contributed by atoms with Crippen molar-refractivity contribution in [3.8, 4) is 0 Å². The van der Waals surface area contributed by atoms with Gasteiger partial charge in [-0.05, 0) is 43.0 Å². The highest BCUT2D eigenvalue weighted by Gasteiger charge is 2.21. The number of hydrogen-bond donors (Lipinski definition) is 6. The molecule has 1 aromatic carbocycles. The van der Waals surface area contributed by atoms with Crippen LogP contribution in [0.4, 0.5) is 11.6 Å². The summed E-state index contributed by atoms with van der Waals surface area (Å²) in [6.07, 6.45) is 2.27. The molecule has 3 aromatic rings. The molecule has 196 valence electrons. The number of nitrogens with two attached hydrogens (primary N) is 1. The summed E-state index contributed by atoms with van der Waals surface area (Å²) in [5.41, 5.74) is 6.65. The molecule has 0 aliphatic rings. The zero-order valence-corrected chi connectivity index (χ0v) is 20.6. The van der Waals surface area contributed by atoms with Crippen LogP contribution in [0.1, 0.15) is 49.2 Å². The van der Waals surface area contributed by atoms with Crippen molar-refractivity contribution < 1.29 is 19.5 Å². The predicted molar refractivity (Wildman–Crippen MR) is 137 cm³/mol. The van der Waals surface area contributed by atoms with Crippen LogP contribution in [0, 0.1) is 5.92 Å². The molecule has 0 saturated heterocycles. The van der Waals surface area contributed by atoms with E-state index < -0.39 is 23.5 Å². The molecule has 0 fully saturated rings. The topological polar surface area (TPSA) is 205 Å². The number of fused-ring (bicyclic) bond motifs is 1. The van der Waals surface area contributed by atoms with Gasteiger partial charge in [-0.1, -0.05) is 13.8 Å². The number of carbonyl (C=O) groups is 3. The number of aromatic amines is 1. The summed E-state index contributed by atoms with van der Waals surface area (Å²) in [7, 11) is 0. The van der Waals surface area contributed by atoms with Crippen LogP contribution < -0.4 is 27.2 Å². The third kappa shape index (κ3) is 7.98. The summed E-state index contributed by atoms with van der Waals surface area (Å²) in [4.78, 5) is 62.7. The maximum atomic E-state index is 12.6. The van der Waals surface area contributed by atoms with E-state index in [4.69, 9.17) is 5.73 Å². The molecule has 3 rings (SSSR count). The lowest BCUT2D eigenvalue weighted by Crippen LogP contribution is -2.41. The minimum atomic E-state index is -1.21. The van der Waals surface area contributed by atoms with Gasteiger partial charge in [-0.2, -0.15) is 4.98 Å². The van der Waals surface area contributed by atoms with Crippen LogP contribution in [0.25, 0.3) is 11.2 Å². The number of nitrogen functional groups attached to an aromatic ring is 1. The van der Waals surface area contributed by atoms with Crippen molar-refractivity contribution in [1.29, 1.82) is 0 Å². The number of aliphatic carboxylic acids is 1. The summed E-state index contributed by atoms with van der Waals surface area (Å²) < 4.78 is 0. The van der Waals surface area contributed by atoms with E-state index in [9.17, 15) is 24.3 Å². The van der Waals surface area contributed by atoms with E-state index in [1.165, 1.54) is 6.20 Å². The number of H-pyrrole nitrogens is 1. The largest absolute Gasteiger partial charge is 0.480 e. The molecule has 2 amide bonds. The Bertz CT molecular complexity index is 1320. The Balaban J connectivity index is 1.53. The Morgan fingerprint density at radius 3 is 2.51 bits per heavy atom. The fourth-order valence-electron chi connectivity index (χ4n) is 3.35. The predicted octanol–water partition coefficient (Wildman–Crippen LogP) is 1.03. The molecular weight excluding hydrogens is 480 g/mol. The lowest BCUT2D eigenvalue weighted by Gasteiger charge is -2.15. The zero-order valence-electron chi connectivity index (χ0n) is 20.6. The number of nitrogens with one attached hydrogen (secondary N) is 4. The zero-order chi connectivity index (χ0) is 26.9. The van der Waals surface area contributed by atoms with Crippen molar-refractivity contribution in [1.82, 2.24) is 30.6 Å². The minimum absolute atomic E-state index is 0.00875. The van der Waals surface area contributed by atoms with Crippen LogP contribution in [0.15, 0.2) is 35.3 Å². The highest BCUT2D eigenvalue weighted by Crippen LogP contribution is 2.12. The van der Waals surface area contributed by atoms with Gasteiger partial charge in [0.1, 0.15) is 6.04 Å². The van der Waals surface area contributed by atoms with E-state index in [0.717, 1.165) is 6.42 Å². The van der Waals surface area contributed by atoms with Crippen molar-refractivity contribution >= 4 is 40.6 Å². The van der Waals surface area contributed by atoms with Gasteiger partial charge in [0.2, 0.25) is 11.9 Å². The van der Waals surface area contributed by atoms with Gasteiger partial charge in [0.15, 0.2) is 11.2 Å². The number of nitrogens with zero attached hydrogens (tertiary/aromatic N) is 3. The van der Waals surface area contributed by atoms with E-state index in [1.807, 2.05) is 13.8 Å². The number of amides is 2. The molecule has 0 saturated carbocycles. The van der Waals surface area contributed by atoms with Gasteiger partial charge in [0.05, 0.1) is 18.4 Å². The summed E-state index contributed by atoms with van der Waals surface area (Å²) in [6.45, 7) is 4.86. The van der Waals surface area contributed by atoms with Gasteiger partial charge in [-0.15, -0.1) is 0 Å². The first-order valence-electron chi connectivity index (χ1n) is 11.8. The first kappa shape index (κ1) is 27.0. The molecule has 2 heterocycles. The average molecular weight is 511 g/mol. The molecule has 13 heteroatoms. The van der Waals surface area contributed by atoms with Gasteiger partial charge < -0.3 is 26.8 Å². The SMILES string of the molecule is CC(C)CCNC(=O)CC[C@H](NC(=O)c1ccc(NCc2cnc3nc(N)[nH]c(=O)c3n2)cc1)C(=O)O. The first-order chi connectivity index (χ1) is 17.6. The first-order valence-corrected chi connectivity index (χ1v) is 11.8. The Kier molecular flexibility index (Phi) is 9.08. The van der Waals surface area contributed by atoms with Gasteiger partial charge in [0.25, 0.3) is 11.5 Å². The van der Waals surface area contributed by atoms with Gasteiger partial charge in [-0.25, -0.2) is 14.8 Å². The number of carboxylic acids is 1. The standard InChI is InChI=1S/C24H30N8O5/c1-13(2)9-10-26-18(33)8-7-17(23(36)37)30-21(34)14-3-5-15(6-4-14)27-11-16-12-28-20-19(29-16)22(35)32-24(25)31-20/h3-6,12-13,17,27H,7-11H2,1-2H3,(H,26,33)(H,30,34)(H,36,37)(H3,25,28,31,32,35)/t17-/m0/s1. The maximum absolute atomic E-state index is 12.6. The van der Waals surface area contributed by atoms with Crippen LogP contribution in [-0.4, -0.2) is 55.4 Å². The number of anilines is 2. The van der Waals surface area contributed by atoms with E-state index in [2.05, 4.69) is 35.9 Å². The Morgan fingerprint density at radius 2 is 1.84 bits per heavy atom. The smallest absolute Gasteiger partial charge is 0.326 e. The van der Waals surface area contributed by atoms with Crippen LogP contribution in [0.3, 0.4) is 0 Å². The Labute approximate surface area is 212 Å². The molecular formula is C24H30N8O5. The van der Waals surface area contributed by atoms with Crippen molar-refractivity contribution in [2.75, 3.05) is 17.6 Å². The maximum Gasteiger partial charge on any atom is 0.326 e. The van der Waals surface area contributed by atoms with Crippen LogP contribution in [-0.2, 0) is 16.1 Å². The average Bonchev–Trinajstić information content (AvgIpc) is 2.85. The Morgan fingerprint density at radius 1 is 1.11 bits per heavy atom. The fraction of sp³-hybridized carbons (Fsp3) is 0.375. The molecule has 0 radical (unpaired) electrons. The van der Waals surface area contributed by atoms with Gasteiger partial charge >= 0.3 is 5.97 Å². The minimum Gasteiger partial charge on any atom is -0.480 e. The van der Waals surface area contributed by atoms with Crippen molar-refractivity contribution in [3.63, 3.8) is 0 Å². The van der Waals surface area contributed by atoms with Crippen LogP contribution in [0.2, 0.25) is 0 Å². The van der Waals surface area contributed by atoms with Crippen molar-refractivity contribution in [3.05, 3.63) is 52.1 Å². The number of rotatable bonds is 12. The Hall–Kier alpha value is -4.55. The molecule has 13 nitrogen and oxygen atoms in total. The number of carboxylic acid groups (broad SMARTS) is 1. The molecule has 37 heavy (non-hydrogen) atoms. The van der Waals surface area contributed by atoms with Crippen LogP contribution >= 0.6 is 0 Å².